The summed E-state index contributed by atoms with van der Waals surface area (Å²) < 4.78 is 10.2. The molecule has 1 unspecified atom stereocenters. The first-order chi connectivity index (χ1) is 9.99. The number of aryl methyl sites for hydroxylation is 1. The minimum Gasteiger partial charge on any atom is -0.496 e. The number of benzene rings is 1. The van der Waals surface area contributed by atoms with E-state index in [4.69, 9.17) is 15.0 Å². The van der Waals surface area contributed by atoms with Crippen LogP contribution in [-0.2, 0) is 15.1 Å². The fraction of sp³-hybridized carbons (Fsp3) is 0.500. The minimum atomic E-state index is -1.09. The van der Waals surface area contributed by atoms with Gasteiger partial charge < -0.3 is 9.47 Å². The Hall–Kier alpha value is -2.24. The first-order valence-corrected chi connectivity index (χ1v) is 6.49. The average molecular weight is 292 g/mol. The standard InChI is InChI=1S/C14H20N4O3/c1-10-5-6-12(20-3)11(9-10)14(2,13(19)21-4)16-7-8-17-18-15/h5-6,9,16H,7-8H2,1-4H3. The van der Waals surface area contributed by atoms with E-state index in [-0.39, 0.29) is 6.54 Å². The van der Waals surface area contributed by atoms with Gasteiger partial charge in [0.25, 0.3) is 0 Å². The molecule has 0 aliphatic heterocycles. The molecule has 21 heavy (non-hydrogen) atoms. The summed E-state index contributed by atoms with van der Waals surface area (Å²) in [7, 11) is 2.88. The summed E-state index contributed by atoms with van der Waals surface area (Å²) in [5, 5.41) is 6.53. The molecule has 0 heterocycles. The van der Waals surface area contributed by atoms with E-state index >= 15 is 0 Å². The highest BCUT2D eigenvalue weighted by Crippen LogP contribution is 2.31. The number of hydrogen-bond donors (Lipinski definition) is 1. The van der Waals surface area contributed by atoms with Crippen LogP contribution in [-0.4, -0.2) is 33.3 Å². The normalized spacial score (nSPS) is 13.0. The van der Waals surface area contributed by atoms with E-state index in [2.05, 4.69) is 15.3 Å². The largest absolute Gasteiger partial charge is 0.496 e. The van der Waals surface area contributed by atoms with E-state index in [1.807, 2.05) is 19.1 Å². The monoisotopic (exact) mass is 292 g/mol. The van der Waals surface area contributed by atoms with E-state index in [1.165, 1.54) is 7.11 Å². The molecule has 0 saturated heterocycles. The van der Waals surface area contributed by atoms with Gasteiger partial charge in [-0.25, -0.2) is 4.79 Å². The molecule has 114 valence electrons. The number of nitrogens with zero attached hydrogens (tertiary/aromatic N) is 3. The summed E-state index contributed by atoms with van der Waals surface area (Å²) in [5.74, 6) is 0.150. The highest BCUT2D eigenvalue weighted by molar-refractivity contribution is 5.83. The molecule has 1 aromatic rings. The molecule has 0 spiro atoms. The Kier molecular flexibility index (Phi) is 6.02. The van der Waals surface area contributed by atoms with Crippen LogP contribution in [0, 0.1) is 6.92 Å². The van der Waals surface area contributed by atoms with Crippen LogP contribution in [0.25, 0.3) is 10.4 Å². The maximum absolute atomic E-state index is 12.2. The van der Waals surface area contributed by atoms with Crippen LogP contribution in [0.1, 0.15) is 18.1 Å². The average Bonchev–Trinajstić information content (AvgIpc) is 2.50. The van der Waals surface area contributed by atoms with Gasteiger partial charge in [-0.15, -0.1) is 0 Å². The summed E-state index contributed by atoms with van der Waals surface area (Å²) in [4.78, 5) is 14.9. The summed E-state index contributed by atoms with van der Waals surface area (Å²) in [6.45, 7) is 4.22. The summed E-state index contributed by atoms with van der Waals surface area (Å²) in [6, 6.07) is 5.58. The summed E-state index contributed by atoms with van der Waals surface area (Å²) >= 11 is 0. The van der Waals surface area contributed by atoms with Crippen LogP contribution in [0.15, 0.2) is 23.3 Å². The topological polar surface area (TPSA) is 96.3 Å². The van der Waals surface area contributed by atoms with Crippen molar-refractivity contribution in [2.24, 2.45) is 5.11 Å². The van der Waals surface area contributed by atoms with Crippen LogP contribution in [0.4, 0.5) is 0 Å². The molecule has 0 bridgehead atoms. The SMILES string of the molecule is COC(=O)C(C)(NCCN=[N+]=[N-])c1cc(C)ccc1OC. The van der Waals surface area contributed by atoms with E-state index in [0.717, 1.165) is 5.56 Å². The first kappa shape index (κ1) is 16.8. The third-order valence-corrected chi connectivity index (χ3v) is 3.24. The van der Waals surface area contributed by atoms with Crippen LogP contribution >= 0.6 is 0 Å². The van der Waals surface area contributed by atoms with Crippen molar-refractivity contribution < 1.29 is 14.3 Å². The van der Waals surface area contributed by atoms with E-state index in [9.17, 15) is 4.79 Å². The molecule has 1 atom stereocenters. The molecule has 1 aromatic carbocycles. The van der Waals surface area contributed by atoms with Crippen LogP contribution in [0.3, 0.4) is 0 Å². The maximum atomic E-state index is 12.2. The number of carbonyl (C=O) groups excluding carboxylic acids is 1. The molecule has 0 fully saturated rings. The lowest BCUT2D eigenvalue weighted by Gasteiger charge is -2.30. The van der Waals surface area contributed by atoms with Crippen molar-refractivity contribution in [2.75, 3.05) is 27.3 Å². The van der Waals surface area contributed by atoms with Crippen molar-refractivity contribution in [2.45, 2.75) is 19.4 Å². The third-order valence-electron chi connectivity index (χ3n) is 3.24. The first-order valence-electron chi connectivity index (χ1n) is 6.49. The Morgan fingerprint density at radius 3 is 2.76 bits per heavy atom. The Morgan fingerprint density at radius 2 is 2.19 bits per heavy atom. The van der Waals surface area contributed by atoms with Gasteiger partial charge in [0.15, 0.2) is 0 Å². The number of ether oxygens (including phenoxy) is 2. The third kappa shape index (κ3) is 3.87. The van der Waals surface area contributed by atoms with Crippen LogP contribution in [0.5, 0.6) is 5.75 Å². The Labute approximate surface area is 123 Å². The molecule has 0 aliphatic carbocycles. The molecule has 7 heteroatoms. The zero-order valence-corrected chi connectivity index (χ0v) is 12.7. The van der Waals surface area contributed by atoms with Gasteiger partial charge in [0.2, 0.25) is 0 Å². The van der Waals surface area contributed by atoms with Gasteiger partial charge in [-0.05, 0) is 31.5 Å². The van der Waals surface area contributed by atoms with Gasteiger partial charge in [0.05, 0.1) is 14.2 Å². The lowest BCUT2D eigenvalue weighted by Crippen LogP contribution is -2.48. The van der Waals surface area contributed by atoms with Crippen molar-refractivity contribution in [3.63, 3.8) is 0 Å². The smallest absolute Gasteiger partial charge is 0.330 e. The van der Waals surface area contributed by atoms with Gasteiger partial charge in [-0.3, -0.25) is 5.32 Å². The van der Waals surface area contributed by atoms with Crippen molar-refractivity contribution in [1.82, 2.24) is 5.32 Å². The van der Waals surface area contributed by atoms with Crippen molar-refractivity contribution in [3.05, 3.63) is 39.8 Å². The highest BCUT2D eigenvalue weighted by atomic mass is 16.5. The van der Waals surface area contributed by atoms with Crippen LogP contribution in [0.2, 0.25) is 0 Å². The minimum absolute atomic E-state index is 0.233. The molecule has 7 nitrogen and oxygen atoms in total. The number of carbonyl (C=O) groups is 1. The maximum Gasteiger partial charge on any atom is 0.330 e. The number of rotatable bonds is 7. The Balaban J connectivity index is 3.20. The molecule has 1 N–H and O–H groups in total. The lowest BCUT2D eigenvalue weighted by atomic mass is 9.89. The number of esters is 1. The zero-order chi connectivity index (χ0) is 15.9. The van der Waals surface area contributed by atoms with Gasteiger partial charge in [0, 0.05) is 23.6 Å². The van der Waals surface area contributed by atoms with Gasteiger partial charge >= 0.3 is 5.97 Å². The predicted molar refractivity (Wildman–Crippen MR) is 79.1 cm³/mol. The number of nitrogens with one attached hydrogen (secondary N) is 1. The molecule has 0 amide bonds. The predicted octanol–water partition coefficient (Wildman–Crippen LogP) is 2.29. The second-order valence-corrected chi connectivity index (χ2v) is 4.70. The molecule has 0 saturated carbocycles. The zero-order valence-electron chi connectivity index (χ0n) is 12.7. The molecular formula is C14H20N4O3. The molecule has 0 aromatic heterocycles. The van der Waals surface area contributed by atoms with Gasteiger partial charge in [-0.1, -0.05) is 16.7 Å². The quantitative estimate of drug-likeness (QED) is 0.274. The number of methoxy groups -OCH3 is 2. The van der Waals surface area contributed by atoms with Crippen molar-refractivity contribution >= 4 is 5.97 Å². The van der Waals surface area contributed by atoms with Gasteiger partial charge in [0.1, 0.15) is 11.3 Å². The molecule has 1 rings (SSSR count). The molecule has 0 radical (unpaired) electrons. The Bertz CT molecular complexity index is 555. The van der Waals surface area contributed by atoms with Crippen molar-refractivity contribution in [3.8, 4) is 5.75 Å². The van der Waals surface area contributed by atoms with E-state index < -0.39 is 11.5 Å². The highest BCUT2D eigenvalue weighted by Gasteiger charge is 2.38. The fourth-order valence-electron chi connectivity index (χ4n) is 2.09. The Morgan fingerprint density at radius 1 is 1.48 bits per heavy atom. The number of azide groups is 1. The fourth-order valence-corrected chi connectivity index (χ4v) is 2.09. The molecule has 0 aliphatic rings. The molecular weight excluding hydrogens is 272 g/mol. The number of hydrogen-bond acceptors (Lipinski definition) is 5. The van der Waals surface area contributed by atoms with Gasteiger partial charge in [-0.2, -0.15) is 0 Å². The summed E-state index contributed by atoms with van der Waals surface area (Å²) in [6.07, 6.45) is 0. The second kappa shape index (κ2) is 7.52. The summed E-state index contributed by atoms with van der Waals surface area (Å²) in [5.41, 5.74) is 8.90. The lowest BCUT2D eigenvalue weighted by molar-refractivity contribution is -0.148. The van der Waals surface area contributed by atoms with Crippen molar-refractivity contribution in [1.29, 1.82) is 0 Å². The van der Waals surface area contributed by atoms with Crippen LogP contribution < -0.4 is 10.1 Å². The second-order valence-electron chi connectivity index (χ2n) is 4.70. The van der Waals surface area contributed by atoms with E-state index in [0.29, 0.717) is 17.9 Å². The van der Waals surface area contributed by atoms with E-state index in [1.54, 1.807) is 20.1 Å².